The monoisotopic (exact) mass is 358 g/mol. The maximum atomic E-state index is 11.6. The molecule has 4 nitrogen and oxygen atoms in total. The molecule has 132 valence electrons. The first kappa shape index (κ1) is 19.0. The number of hydrogen-bond acceptors (Lipinski definition) is 4. The van der Waals surface area contributed by atoms with Crippen LogP contribution in [0, 0.1) is 0 Å². The normalized spacial score (nSPS) is 15.6. The van der Waals surface area contributed by atoms with E-state index in [1.807, 2.05) is 61.6 Å². The molecule has 2 N–H and O–H groups in total. The number of carbonyl (C=O) groups is 1. The largest absolute Gasteiger partial charge is 0.491 e. The molecule has 0 saturated heterocycles. The Hall–Kier alpha value is -2.30. The van der Waals surface area contributed by atoms with Crippen LogP contribution in [0.3, 0.4) is 0 Å². The van der Waals surface area contributed by atoms with Crippen molar-refractivity contribution in [1.82, 2.24) is 10.6 Å². The van der Waals surface area contributed by atoms with Gasteiger partial charge >= 0.3 is 0 Å². The molecule has 0 aromatic heterocycles. The third-order valence-corrected chi connectivity index (χ3v) is 4.08. The number of carbonyl (C=O) groups excluding carboxylic acids is 1. The Kier molecular flexibility index (Phi) is 7.04. The van der Waals surface area contributed by atoms with Gasteiger partial charge in [-0.3, -0.25) is 0 Å². The molecular formula is C20H23ClN2O2. The van der Waals surface area contributed by atoms with Crippen LogP contribution >= 0.6 is 12.4 Å². The van der Waals surface area contributed by atoms with Gasteiger partial charge in [0, 0.05) is 11.1 Å². The molecule has 5 heteroatoms. The zero-order valence-electron chi connectivity index (χ0n) is 14.2. The molecule has 0 aliphatic carbocycles. The van der Waals surface area contributed by atoms with Crippen molar-refractivity contribution in [2.24, 2.45) is 0 Å². The summed E-state index contributed by atoms with van der Waals surface area (Å²) in [4.78, 5) is 11.6. The Balaban J connectivity index is 0.00000225. The fraction of sp³-hybridized carbons (Fsp3) is 0.250. The third kappa shape index (κ3) is 4.21. The highest BCUT2D eigenvalue weighted by Gasteiger charge is 2.27. The second-order valence-corrected chi connectivity index (χ2v) is 5.72. The molecule has 0 spiro atoms. The van der Waals surface area contributed by atoms with Crippen LogP contribution in [-0.4, -0.2) is 26.5 Å². The number of nitrogens with one attached hydrogen (secondary N) is 2. The highest BCUT2D eigenvalue weighted by Crippen LogP contribution is 2.36. The molecule has 0 fully saturated rings. The van der Waals surface area contributed by atoms with Gasteiger partial charge in [-0.1, -0.05) is 54.6 Å². The first-order valence-electron chi connectivity index (χ1n) is 8.23. The molecule has 0 bridgehead atoms. The molecule has 3 rings (SSSR count). The molecule has 1 heterocycles. The van der Waals surface area contributed by atoms with Crippen molar-refractivity contribution in [3.63, 3.8) is 0 Å². The molecule has 1 aliphatic heterocycles. The minimum atomic E-state index is -0.360. The van der Waals surface area contributed by atoms with Gasteiger partial charge in [-0.2, -0.15) is 0 Å². The van der Waals surface area contributed by atoms with Gasteiger partial charge in [0.15, 0.2) is 5.76 Å². The van der Waals surface area contributed by atoms with Crippen molar-refractivity contribution in [2.75, 3.05) is 20.2 Å². The average molecular weight is 359 g/mol. The first-order chi connectivity index (χ1) is 11.8. The summed E-state index contributed by atoms with van der Waals surface area (Å²) >= 11 is 0. The lowest BCUT2D eigenvalue weighted by Crippen LogP contribution is -2.28. The van der Waals surface area contributed by atoms with Gasteiger partial charge < -0.3 is 20.2 Å². The fourth-order valence-corrected chi connectivity index (χ4v) is 2.91. The predicted octanol–water partition coefficient (Wildman–Crippen LogP) is 3.40. The second-order valence-electron chi connectivity index (χ2n) is 5.72. The summed E-state index contributed by atoms with van der Waals surface area (Å²) in [5.74, 6) is 0.811. The van der Waals surface area contributed by atoms with Crippen LogP contribution in [0.5, 0.6) is 0 Å². The van der Waals surface area contributed by atoms with Gasteiger partial charge in [-0.15, -0.1) is 12.4 Å². The van der Waals surface area contributed by atoms with Gasteiger partial charge in [-0.25, -0.2) is 0 Å². The maximum Gasteiger partial charge on any atom is 0.150 e. The molecule has 0 saturated carbocycles. The van der Waals surface area contributed by atoms with E-state index < -0.39 is 0 Å². The van der Waals surface area contributed by atoms with Crippen molar-refractivity contribution in [1.29, 1.82) is 0 Å². The van der Waals surface area contributed by atoms with Crippen LogP contribution in [0.4, 0.5) is 0 Å². The molecule has 2 aromatic carbocycles. The van der Waals surface area contributed by atoms with Crippen molar-refractivity contribution in [3.8, 4) is 0 Å². The number of halogens is 1. The number of aldehydes is 1. The molecule has 0 radical (unpaired) electrons. The Morgan fingerprint density at radius 3 is 2.56 bits per heavy atom. The van der Waals surface area contributed by atoms with Crippen molar-refractivity contribution in [2.45, 2.75) is 12.5 Å². The van der Waals surface area contributed by atoms with Crippen LogP contribution < -0.4 is 10.6 Å². The van der Waals surface area contributed by atoms with Crippen molar-refractivity contribution in [3.05, 3.63) is 71.3 Å². The standard InChI is InChI=1S/C20H22N2O2.ClH/c1-21-12-7-13-24-20-17-11-6-5-10-16(17)18(14-23)22-19(20)15-8-3-2-4-9-15;/h2-6,8-11,14,18,21-22H,7,12-13H2,1H3;1H. The summed E-state index contributed by atoms with van der Waals surface area (Å²) in [6, 6.07) is 17.5. The third-order valence-electron chi connectivity index (χ3n) is 4.08. The summed E-state index contributed by atoms with van der Waals surface area (Å²) in [7, 11) is 1.93. The van der Waals surface area contributed by atoms with E-state index in [0.717, 1.165) is 47.4 Å². The highest BCUT2D eigenvalue weighted by atomic mass is 35.5. The Morgan fingerprint density at radius 2 is 1.84 bits per heavy atom. The predicted molar refractivity (Wildman–Crippen MR) is 103 cm³/mol. The summed E-state index contributed by atoms with van der Waals surface area (Å²) < 4.78 is 6.13. The average Bonchev–Trinajstić information content (AvgIpc) is 2.65. The lowest BCUT2D eigenvalue weighted by Gasteiger charge is -2.29. The minimum absolute atomic E-state index is 0. The summed E-state index contributed by atoms with van der Waals surface area (Å²) in [5, 5.41) is 6.46. The Labute approximate surface area is 154 Å². The Bertz CT molecular complexity index is 731. The lowest BCUT2D eigenvalue weighted by molar-refractivity contribution is -0.109. The number of fused-ring (bicyclic) bond motifs is 1. The molecule has 25 heavy (non-hydrogen) atoms. The zero-order valence-corrected chi connectivity index (χ0v) is 15.0. The maximum absolute atomic E-state index is 11.6. The van der Waals surface area contributed by atoms with Crippen molar-refractivity contribution < 1.29 is 9.53 Å². The molecule has 1 atom stereocenters. The van der Waals surface area contributed by atoms with E-state index in [2.05, 4.69) is 10.6 Å². The molecular weight excluding hydrogens is 336 g/mol. The summed E-state index contributed by atoms with van der Waals surface area (Å²) in [5.41, 5.74) is 3.82. The van der Waals surface area contributed by atoms with E-state index in [-0.39, 0.29) is 18.4 Å². The van der Waals surface area contributed by atoms with E-state index in [9.17, 15) is 4.79 Å². The molecule has 1 unspecified atom stereocenters. The first-order valence-corrected chi connectivity index (χ1v) is 8.23. The summed E-state index contributed by atoms with van der Waals surface area (Å²) in [6.07, 6.45) is 1.86. The SMILES string of the molecule is CNCCCOC1=C(c2ccccc2)NC(C=O)c2ccccc21.Cl. The number of hydrogen-bond donors (Lipinski definition) is 2. The van der Waals surface area contributed by atoms with E-state index >= 15 is 0 Å². The molecule has 0 amide bonds. The van der Waals surface area contributed by atoms with E-state index in [0.29, 0.717) is 6.61 Å². The summed E-state index contributed by atoms with van der Waals surface area (Å²) in [6.45, 7) is 1.52. The van der Waals surface area contributed by atoms with Crippen LogP contribution in [0.2, 0.25) is 0 Å². The minimum Gasteiger partial charge on any atom is -0.491 e. The highest BCUT2D eigenvalue weighted by molar-refractivity contribution is 5.92. The smallest absolute Gasteiger partial charge is 0.150 e. The topological polar surface area (TPSA) is 50.4 Å². The van der Waals surface area contributed by atoms with Gasteiger partial charge in [0.25, 0.3) is 0 Å². The number of ether oxygens (including phenoxy) is 1. The van der Waals surface area contributed by atoms with Crippen molar-refractivity contribution >= 4 is 30.1 Å². The van der Waals surface area contributed by atoms with E-state index in [1.165, 1.54) is 0 Å². The van der Waals surface area contributed by atoms with Gasteiger partial charge in [0.05, 0.1) is 12.3 Å². The molecule has 2 aromatic rings. The van der Waals surface area contributed by atoms with E-state index in [1.54, 1.807) is 0 Å². The number of rotatable bonds is 7. The van der Waals surface area contributed by atoms with E-state index in [4.69, 9.17) is 4.74 Å². The Morgan fingerprint density at radius 1 is 1.12 bits per heavy atom. The lowest BCUT2D eigenvalue weighted by atomic mass is 9.93. The molecule has 1 aliphatic rings. The van der Waals surface area contributed by atoms with Gasteiger partial charge in [0.2, 0.25) is 0 Å². The van der Waals surface area contributed by atoms with Crippen LogP contribution in [0.15, 0.2) is 54.6 Å². The van der Waals surface area contributed by atoms with Crippen LogP contribution in [0.25, 0.3) is 11.5 Å². The van der Waals surface area contributed by atoms with Crippen LogP contribution in [-0.2, 0) is 9.53 Å². The fourth-order valence-electron chi connectivity index (χ4n) is 2.91. The quantitative estimate of drug-likeness (QED) is 0.588. The van der Waals surface area contributed by atoms with Gasteiger partial charge in [0.1, 0.15) is 12.3 Å². The van der Waals surface area contributed by atoms with Gasteiger partial charge in [-0.05, 0) is 25.6 Å². The second kappa shape index (κ2) is 9.25. The number of benzene rings is 2. The van der Waals surface area contributed by atoms with Crippen LogP contribution in [0.1, 0.15) is 29.2 Å². The zero-order chi connectivity index (χ0) is 16.8.